The van der Waals surface area contributed by atoms with Crippen molar-refractivity contribution in [2.45, 2.75) is 58.5 Å². The maximum absolute atomic E-state index is 6.38. The molecule has 0 saturated heterocycles. The minimum absolute atomic E-state index is 0.120. The summed E-state index contributed by atoms with van der Waals surface area (Å²) in [7, 11) is 2.23. The summed E-state index contributed by atoms with van der Waals surface area (Å²) in [6.45, 7) is 7.86. The van der Waals surface area contributed by atoms with Crippen LogP contribution >= 0.6 is 0 Å². The van der Waals surface area contributed by atoms with E-state index < -0.39 is 0 Å². The van der Waals surface area contributed by atoms with Crippen LogP contribution in [0.15, 0.2) is 24.3 Å². The zero-order valence-corrected chi connectivity index (χ0v) is 13.5. The van der Waals surface area contributed by atoms with Crippen molar-refractivity contribution in [2.75, 3.05) is 13.6 Å². The fraction of sp³-hybridized carbons (Fsp3) is 0.667. The predicted octanol–water partition coefficient (Wildman–Crippen LogP) is 3.90. The molecule has 1 aromatic rings. The Balaban J connectivity index is 1.90. The molecule has 2 nitrogen and oxygen atoms in total. The minimum atomic E-state index is 0.120. The van der Waals surface area contributed by atoms with Gasteiger partial charge in [-0.05, 0) is 50.6 Å². The van der Waals surface area contributed by atoms with Gasteiger partial charge < -0.3 is 10.6 Å². The molecule has 1 aromatic carbocycles. The van der Waals surface area contributed by atoms with Gasteiger partial charge in [-0.3, -0.25) is 0 Å². The summed E-state index contributed by atoms with van der Waals surface area (Å²) in [6, 6.07) is 9.42. The molecule has 112 valence electrons. The van der Waals surface area contributed by atoms with Crippen molar-refractivity contribution in [1.29, 1.82) is 0 Å². The Morgan fingerprint density at radius 1 is 1.30 bits per heavy atom. The van der Waals surface area contributed by atoms with E-state index in [0.29, 0.717) is 11.5 Å². The molecule has 0 spiro atoms. The second-order valence-electron chi connectivity index (χ2n) is 7.36. The number of hydrogen-bond donors (Lipinski definition) is 1. The smallest absolute Gasteiger partial charge is 0.0424 e. The number of rotatable bonds is 4. The molecule has 1 aliphatic carbocycles. The minimum Gasteiger partial charge on any atom is -0.323 e. The number of nitrogens with two attached hydrogens (primary N) is 1. The van der Waals surface area contributed by atoms with Gasteiger partial charge in [0, 0.05) is 18.6 Å². The van der Waals surface area contributed by atoms with Crippen LogP contribution in [0.5, 0.6) is 0 Å². The number of hydrogen-bond acceptors (Lipinski definition) is 2. The van der Waals surface area contributed by atoms with Crippen molar-refractivity contribution in [3.05, 3.63) is 35.4 Å². The summed E-state index contributed by atoms with van der Waals surface area (Å²) in [5, 5.41) is 0. The van der Waals surface area contributed by atoms with Gasteiger partial charge >= 0.3 is 0 Å². The average Bonchev–Trinajstić information content (AvgIpc) is 2.38. The molecule has 1 unspecified atom stereocenters. The summed E-state index contributed by atoms with van der Waals surface area (Å²) in [6.07, 6.45) is 5.29. The standard InChI is InChI=1S/C18H30N2/c1-14-6-5-7-15(12-14)17(19)13-20(4)16-8-10-18(2,3)11-9-16/h5-7,12,16-17H,8-11,13,19H2,1-4H3. The molecule has 0 aliphatic heterocycles. The summed E-state index contributed by atoms with van der Waals surface area (Å²) in [5.41, 5.74) is 9.47. The molecule has 2 rings (SSSR count). The quantitative estimate of drug-likeness (QED) is 0.902. The third-order valence-electron chi connectivity index (χ3n) is 4.89. The van der Waals surface area contributed by atoms with Crippen LogP contribution < -0.4 is 5.73 Å². The van der Waals surface area contributed by atoms with Gasteiger partial charge in [0.1, 0.15) is 0 Å². The summed E-state index contributed by atoms with van der Waals surface area (Å²) >= 11 is 0. The zero-order valence-electron chi connectivity index (χ0n) is 13.5. The highest BCUT2D eigenvalue weighted by Crippen LogP contribution is 2.36. The molecular weight excluding hydrogens is 244 g/mol. The highest BCUT2D eigenvalue weighted by Gasteiger charge is 2.29. The molecule has 0 heterocycles. The molecule has 0 amide bonds. The van der Waals surface area contributed by atoms with Crippen LogP contribution in [0.2, 0.25) is 0 Å². The maximum Gasteiger partial charge on any atom is 0.0424 e. The normalized spacial score (nSPS) is 21.1. The first-order chi connectivity index (χ1) is 9.37. The van der Waals surface area contributed by atoms with Crippen LogP contribution in [0.3, 0.4) is 0 Å². The zero-order chi connectivity index (χ0) is 14.8. The van der Waals surface area contributed by atoms with E-state index in [4.69, 9.17) is 5.73 Å². The van der Waals surface area contributed by atoms with Gasteiger partial charge in [0.2, 0.25) is 0 Å². The number of likely N-dealkylation sites (N-methyl/N-ethyl adjacent to an activating group) is 1. The highest BCUT2D eigenvalue weighted by atomic mass is 15.1. The Hall–Kier alpha value is -0.860. The first-order valence-corrected chi connectivity index (χ1v) is 7.90. The molecule has 2 N–H and O–H groups in total. The SMILES string of the molecule is Cc1cccc(C(N)CN(C)C2CCC(C)(C)CC2)c1. The maximum atomic E-state index is 6.38. The Morgan fingerprint density at radius 2 is 1.95 bits per heavy atom. The summed E-state index contributed by atoms with van der Waals surface area (Å²) < 4.78 is 0. The molecular formula is C18H30N2. The molecule has 0 radical (unpaired) electrons. The van der Waals surface area contributed by atoms with Crippen LogP contribution in [-0.2, 0) is 0 Å². The van der Waals surface area contributed by atoms with E-state index in [-0.39, 0.29) is 6.04 Å². The molecule has 1 saturated carbocycles. The lowest BCUT2D eigenvalue weighted by molar-refractivity contribution is 0.123. The van der Waals surface area contributed by atoms with Crippen LogP contribution in [0.25, 0.3) is 0 Å². The Labute approximate surface area is 124 Å². The molecule has 0 bridgehead atoms. The van der Waals surface area contributed by atoms with Crippen molar-refractivity contribution < 1.29 is 0 Å². The van der Waals surface area contributed by atoms with Crippen LogP contribution in [0.1, 0.15) is 56.7 Å². The van der Waals surface area contributed by atoms with E-state index in [9.17, 15) is 0 Å². The molecule has 20 heavy (non-hydrogen) atoms. The van der Waals surface area contributed by atoms with Gasteiger partial charge in [0.15, 0.2) is 0 Å². The Kier molecular flexibility index (Phi) is 4.87. The van der Waals surface area contributed by atoms with Crippen molar-refractivity contribution >= 4 is 0 Å². The number of aryl methyl sites for hydroxylation is 1. The van der Waals surface area contributed by atoms with Crippen LogP contribution in [0, 0.1) is 12.3 Å². The Morgan fingerprint density at radius 3 is 2.55 bits per heavy atom. The van der Waals surface area contributed by atoms with Gasteiger partial charge in [-0.25, -0.2) is 0 Å². The van der Waals surface area contributed by atoms with E-state index >= 15 is 0 Å². The first-order valence-electron chi connectivity index (χ1n) is 7.90. The average molecular weight is 274 g/mol. The number of nitrogens with zero attached hydrogens (tertiary/aromatic N) is 1. The molecule has 2 heteroatoms. The van der Waals surface area contributed by atoms with E-state index in [0.717, 1.165) is 6.54 Å². The summed E-state index contributed by atoms with van der Waals surface area (Å²) in [4.78, 5) is 2.47. The Bertz CT molecular complexity index is 429. The largest absolute Gasteiger partial charge is 0.323 e. The van der Waals surface area contributed by atoms with E-state index in [2.05, 4.69) is 57.0 Å². The molecule has 0 aromatic heterocycles. The van der Waals surface area contributed by atoms with Crippen molar-refractivity contribution in [2.24, 2.45) is 11.1 Å². The molecule has 1 aliphatic rings. The van der Waals surface area contributed by atoms with Crippen molar-refractivity contribution in [3.63, 3.8) is 0 Å². The van der Waals surface area contributed by atoms with Crippen molar-refractivity contribution in [3.8, 4) is 0 Å². The lowest BCUT2D eigenvalue weighted by atomic mass is 9.75. The van der Waals surface area contributed by atoms with E-state index in [1.165, 1.54) is 36.8 Å². The van der Waals surface area contributed by atoms with Gasteiger partial charge in [-0.2, -0.15) is 0 Å². The fourth-order valence-corrected chi connectivity index (χ4v) is 3.29. The third kappa shape index (κ3) is 4.07. The second-order valence-corrected chi connectivity index (χ2v) is 7.36. The number of benzene rings is 1. The third-order valence-corrected chi connectivity index (χ3v) is 4.89. The van der Waals surface area contributed by atoms with Crippen molar-refractivity contribution in [1.82, 2.24) is 4.90 Å². The monoisotopic (exact) mass is 274 g/mol. The van der Waals surface area contributed by atoms with Gasteiger partial charge in [-0.1, -0.05) is 43.7 Å². The predicted molar refractivity (Wildman–Crippen MR) is 86.8 cm³/mol. The van der Waals surface area contributed by atoms with Crippen LogP contribution in [0.4, 0.5) is 0 Å². The van der Waals surface area contributed by atoms with E-state index in [1.807, 2.05) is 0 Å². The summed E-state index contributed by atoms with van der Waals surface area (Å²) in [5.74, 6) is 0. The lowest BCUT2D eigenvalue weighted by Gasteiger charge is -2.39. The first kappa shape index (κ1) is 15.5. The second kappa shape index (κ2) is 6.28. The topological polar surface area (TPSA) is 29.3 Å². The lowest BCUT2D eigenvalue weighted by Crippen LogP contribution is -2.40. The highest BCUT2D eigenvalue weighted by molar-refractivity contribution is 5.25. The van der Waals surface area contributed by atoms with Gasteiger partial charge in [0.25, 0.3) is 0 Å². The molecule has 1 fully saturated rings. The fourth-order valence-electron chi connectivity index (χ4n) is 3.29. The van der Waals surface area contributed by atoms with Gasteiger partial charge in [-0.15, -0.1) is 0 Å². The van der Waals surface area contributed by atoms with E-state index in [1.54, 1.807) is 0 Å². The molecule has 1 atom stereocenters. The van der Waals surface area contributed by atoms with Crippen LogP contribution in [-0.4, -0.2) is 24.5 Å². The van der Waals surface area contributed by atoms with Gasteiger partial charge in [0.05, 0.1) is 0 Å².